The van der Waals surface area contributed by atoms with Crippen LogP contribution in [0.2, 0.25) is 0 Å². The van der Waals surface area contributed by atoms with Crippen LogP contribution in [0.1, 0.15) is 33.1 Å². The van der Waals surface area contributed by atoms with E-state index in [4.69, 9.17) is 21.1 Å². The van der Waals surface area contributed by atoms with Crippen LogP contribution in [0.25, 0.3) is 0 Å². The maximum Gasteiger partial charge on any atom is 0.407 e. The molecule has 1 unspecified atom stereocenters. The largest absolute Gasteiger partial charge is 0.464 e. The van der Waals surface area contributed by atoms with Crippen LogP contribution in [0, 0.1) is 5.92 Å². The molecule has 0 aromatic rings. The van der Waals surface area contributed by atoms with E-state index in [0.29, 0.717) is 18.9 Å². The second-order valence-electron chi connectivity index (χ2n) is 5.01. The van der Waals surface area contributed by atoms with Gasteiger partial charge in [0.05, 0.1) is 12.5 Å². The molecule has 1 N–H and O–H groups in total. The molecule has 0 spiro atoms. The molecule has 124 valence electrons. The van der Waals surface area contributed by atoms with Gasteiger partial charge < -0.3 is 14.8 Å². The fraction of sp³-hybridized carbons (Fsp3) is 0.857. The third-order valence-electron chi connectivity index (χ3n) is 2.67. The van der Waals surface area contributed by atoms with Crippen LogP contribution in [0.15, 0.2) is 0 Å². The summed E-state index contributed by atoms with van der Waals surface area (Å²) in [4.78, 5) is 23.5. The molecule has 0 heterocycles. The van der Waals surface area contributed by atoms with E-state index in [1.54, 1.807) is 11.8 Å². The summed E-state index contributed by atoms with van der Waals surface area (Å²) in [6.45, 7) is 4.74. The number of alkyl halides is 1. The fourth-order valence-corrected chi connectivity index (χ4v) is 2.11. The van der Waals surface area contributed by atoms with E-state index < -0.39 is 18.1 Å². The van der Waals surface area contributed by atoms with Gasteiger partial charge in [-0.05, 0) is 37.2 Å². The lowest BCUT2D eigenvalue weighted by Gasteiger charge is -2.17. The highest BCUT2D eigenvalue weighted by Gasteiger charge is 2.22. The van der Waals surface area contributed by atoms with Gasteiger partial charge in [-0.25, -0.2) is 9.59 Å². The van der Waals surface area contributed by atoms with Crippen molar-refractivity contribution in [3.63, 3.8) is 0 Å². The minimum atomic E-state index is -0.667. The molecular formula is C14H26ClNO4S. The van der Waals surface area contributed by atoms with Gasteiger partial charge in [0.15, 0.2) is 0 Å². The number of carbonyl (C=O) groups is 2. The lowest BCUT2D eigenvalue weighted by atomic mass is 10.1. The Bertz CT molecular complexity index is 303. The molecule has 0 saturated carbocycles. The number of halogens is 1. The molecule has 0 aliphatic rings. The number of thioether (sulfide) groups is 1. The van der Waals surface area contributed by atoms with Gasteiger partial charge in [-0.15, -0.1) is 11.6 Å². The van der Waals surface area contributed by atoms with E-state index in [-0.39, 0.29) is 12.5 Å². The van der Waals surface area contributed by atoms with Gasteiger partial charge in [0.2, 0.25) is 0 Å². The Morgan fingerprint density at radius 3 is 2.48 bits per heavy atom. The molecule has 0 aliphatic carbocycles. The molecule has 0 bridgehead atoms. The molecule has 0 saturated heterocycles. The van der Waals surface area contributed by atoms with Gasteiger partial charge in [-0.2, -0.15) is 11.8 Å². The molecule has 0 aromatic carbocycles. The van der Waals surface area contributed by atoms with Crippen LogP contribution < -0.4 is 5.32 Å². The minimum absolute atomic E-state index is 0.117. The number of esters is 1. The van der Waals surface area contributed by atoms with Crippen molar-refractivity contribution >= 4 is 35.4 Å². The summed E-state index contributed by atoms with van der Waals surface area (Å²) in [6, 6.07) is -0.667. The Balaban J connectivity index is 4.18. The average Bonchev–Trinajstić information content (AvgIpc) is 2.45. The number of hydrogen-bond donors (Lipinski definition) is 1. The van der Waals surface area contributed by atoms with E-state index in [1.807, 2.05) is 6.26 Å². The molecule has 1 amide bonds. The van der Waals surface area contributed by atoms with Crippen LogP contribution >= 0.6 is 23.4 Å². The van der Waals surface area contributed by atoms with Crippen molar-refractivity contribution in [1.29, 1.82) is 0 Å². The summed E-state index contributed by atoms with van der Waals surface area (Å²) < 4.78 is 10.0. The van der Waals surface area contributed by atoms with Crippen molar-refractivity contribution in [2.45, 2.75) is 39.2 Å². The number of hydrogen-bond acceptors (Lipinski definition) is 5. The minimum Gasteiger partial charge on any atom is -0.464 e. The monoisotopic (exact) mass is 339 g/mol. The molecule has 0 fully saturated rings. The highest BCUT2D eigenvalue weighted by molar-refractivity contribution is 7.98. The zero-order chi connectivity index (χ0) is 16.1. The maximum absolute atomic E-state index is 12.0. The topological polar surface area (TPSA) is 64.6 Å². The molecule has 0 rings (SSSR count). The molecule has 0 aliphatic heterocycles. The average molecular weight is 340 g/mol. The molecular weight excluding hydrogens is 314 g/mol. The number of nitrogens with one attached hydrogen (secondary N) is 1. The summed E-state index contributed by atoms with van der Waals surface area (Å²) in [6.07, 6.45) is 3.65. The first-order valence-electron chi connectivity index (χ1n) is 7.16. The molecule has 5 nitrogen and oxygen atoms in total. The van der Waals surface area contributed by atoms with Crippen molar-refractivity contribution in [2.24, 2.45) is 5.92 Å². The molecule has 1 atom stereocenters. The van der Waals surface area contributed by atoms with Crippen LogP contribution in [0.4, 0.5) is 4.79 Å². The summed E-state index contributed by atoms with van der Waals surface area (Å²) in [7, 11) is 0. The number of alkyl carbamates (subject to hydrolysis) is 1. The van der Waals surface area contributed by atoms with Gasteiger partial charge >= 0.3 is 12.1 Å². The molecule has 0 aromatic heterocycles. The molecule has 7 heteroatoms. The summed E-state index contributed by atoms with van der Waals surface area (Å²) in [5.74, 6) is 1.15. The SMILES string of the molecule is CSCCC(NC(=O)OCCCl)C(=O)OCCCC(C)C. The van der Waals surface area contributed by atoms with Crippen molar-refractivity contribution in [3.8, 4) is 0 Å². The van der Waals surface area contributed by atoms with Gasteiger partial charge in [-0.3, -0.25) is 0 Å². The van der Waals surface area contributed by atoms with Crippen molar-refractivity contribution in [3.05, 3.63) is 0 Å². The van der Waals surface area contributed by atoms with E-state index in [1.165, 1.54) is 0 Å². The van der Waals surface area contributed by atoms with Gasteiger partial charge in [0.1, 0.15) is 12.6 Å². The summed E-state index contributed by atoms with van der Waals surface area (Å²) in [5, 5.41) is 2.53. The number of ether oxygens (including phenoxy) is 2. The third kappa shape index (κ3) is 11.7. The van der Waals surface area contributed by atoms with Crippen LogP contribution in [0.3, 0.4) is 0 Å². The van der Waals surface area contributed by atoms with E-state index in [0.717, 1.165) is 18.6 Å². The zero-order valence-corrected chi connectivity index (χ0v) is 14.6. The normalized spacial score (nSPS) is 12.0. The fourth-order valence-electron chi connectivity index (χ4n) is 1.56. The Labute approximate surface area is 136 Å². The summed E-state index contributed by atoms with van der Waals surface area (Å²) >= 11 is 7.04. The van der Waals surface area contributed by atoms with Gasteiger partial charge in [0.25, 0.3) is 0 Å². The van der Waals surface area contributed by atoms with Crippen LogP contribution in [-0.2, 0) is 14.3 Å². The number of rotatable bonds is 11. The smallest absolute Gasteiger partial charge is 0.407 e. The Morgan fingerprint density at radius 2 is 1.90 bits per heavy atom. The van der Waals surface area contributed by atoms with Gasteiger partial charge in [-0.1, -0.05) is 13.8 Å². The Hall–Kier alpha value is -0.620. The zero-order valence-electron chi connectivity index (χ0n) is 13.0. The van der Waals surface area contributed by atoms with E-state index >= 15 is 0 Å². The Kier molecular flexibility index (Phi) is 12.7. The third-order valence-corrected chi connectivity index (χ3v) is 3.47. The second kappa shape index (κ2) is 13.1. The first kappa shape index (κ1) is 20.4. The highest BCUT2D eigenvalue weighted by Crippen LogP contribution is 2.06. The van der Waals surface area contributed by atoms with E-state index in [9.17, 15) is 9.59 Å². The highest BCUT2D eigenvalue weighted by atomic mass is 35.5. The predicted octanol–water partition coefficient (Wildman–Crippen LogP) is 3.05. The maximum atomic E-state index is 12.0. The Morgan fingerprint density at radius 1 is 1.19 bits per heavy atom. The number of carbonyl (C=O) groups excluding carboxylic acids is 2. The second-order valence-corrected chi connectivity index (χ2v) is 6.37. The first-order valence-corrected chi connectivity index (χ1v) is 9.08. The van der Waals surface area contributed by atoms with Crippen molar-refractivity contribution < 1.29 is 19.1 Å². The summed E-state index contributed by atoms with van der Waals surface area (Å²) in [5.41, 5.74) is 0. The van der Waals surface area contributed by atoms with Crippen molar-refractivity contribution in [2.75, 3.05) is 31.1 Å². The quantitative estimate of drug-likeness (QED) is 0.356. The molecule has 21 heavy (non-hydrogen) atoms. The predicted molar refractivity (Wildman–Crippen MR) is 87.0 cm³/mol. The lowest BCUT2D eigenvalue weighted by molar-refractivity contribution is -0.146. The number of amides is 1. The lowest BCUT2D eigenvalue weighted by Crippen LogP contribution is -2.42. The van der Waals surface area contributed by atoms with Crippen LogP contribution in [-0.4, -0.2) is 49.2 Å². The van der Waals surface area contributed by atoms with Gasteiger partial charge in [0, 0.05) is 0 Å². The molecule has 0 radical (unpaired) electrons. The van der Waals surface area contributed by atoms with Crippen LogP contribution in [0.5, 0.6) is 0 Å². The first-order chi connectivity index (χ1) is 10.0. The van der Waals surface area contributed by atoms with E-state index in [2.05, 4.69) is 19.2 Å². The standard InChI is InChI=1S/C14H26ClNO4S/c1-11(2)5-4-8-19-13(17)12(6-10-21-3)16-14(18)20-9-7-15/h11-12H,4-10H2,1-3H3,(H,16,18). The van der Waals surface area contributed by atoms with Crippen molar-refractivity contribution in [1.82, 2.24) is 5.32 Å².